The Morgan fingerprint density at radius 2 is 1.85 bits per heavy atom. The highest BCUT2D eigenvalue weighted by atomic mass is 16.5. The van der Waals surface area contributed by atoms with Crippen LogP contribution in [0.2, 0.25) is 0 Å². The fourth-order valence-electron chi connectivity index (χ4n) is 2.35. The number of benzene rings is 2. The first-order valence-corrected chi connectivity index (χ1v) is 8.41. The third-order valence-electron chi connectivity index (χ3n) is 3.92. The second-order valence-corrected chi connectivity index (χ2v) is 5.75. The summed E-state index contributed by atoms with van der Waals surface area (Å²) in [6, 6.07) is 13.0. The lowest BCUT2D eigenvalue weighted by Gasteiger charge is -2.08. The van der Waals surface area contributed by atoms with Gasteiger partial charge in [-0.25, -0.2) is 4.79 Å². The van der Waals surface area contributed by atoms with Crippen LogP contribution >= 0.6 is 0 Å². The van der Waals surface area contributed by atoms with Gasteiger partial charge < -0.3 is 19.5 Å². The van der Waals surface area contributed by atoms with Crippen molar-refractivity contribution in [2.24, 2.45) is 0 Å². The maximum Gasteiger partial charge on any atom is 0.331 e. The van der Waals surface area contributed by atoms with Gasteiger partial charge in [0.25, 0.3) is 5.91 Å². The fraction of sp³-hybridized carbons (Fsp3) is 0.238. The number of hydrogen-bond donors (Lipinski definition) is 1. The molecule has 0 saturated heterocycles. The van der Waals surface area contributed by atoms with Gasteiger partial charge in [0, 0.05) is 24.3 Å². The Bertz CT molecular complexity index is 829. The second kappa shape index (κ2) is 10.0. The summed E-state index contributed by atoms with van der Waals surface area (Å²) in [5.74, 6) is 0.243. The first kappa shape index (κ1) is 20.0. The van der Waals surface area contributed by atoms with Crippen molar-refractivity contribution in [3.05, 3.63) is 65.2 Å². The molecule has 6 heteroatoms. The minimum absolute atomic E-state index is 0.338. The van der Waals surface area contributed by atoms with Crippen molar-refractivity contribution in [2.45, 2.75) is 13.5 Å². The summed E-state index contributed by atoms with van der Waals surface area (Å²) < 4.78 is 15.3. The Labute approximate surface area is 158 Å². The van der Waals surface area contributed by atoms with Crippen molar-refractivity contribution in [3.8, 4) is 11.5 Å². The predicted molar refractivity (Wildman–Crippen MR) is 103 cm³/mol. The molecule has 1 amide bonds. The van der Waals surface area contributed by atoms with E-state index in [0.717, 1.165) is 11.1 Å². The smallest absolute Gasteiger partial charge is 0.331 e. The van der Waals surface area contributed by atoms with Gasteiger partial charge in [0.1, 0.15) is 11.5 Å². The Morgan fingerprint density at radius 1 is 1.07 bits per heavy atom. The molecule has 0 aromatic heterocycles. The minimum atomic E-state index is -0.612. The highest BCUT2D eigenvalue weighted by Crippen LogP contribution is 2.25. The second-order valence-electron chi connectivity index (χ2n) is 5.75. The zero-order valence-corrected chi connectivity index (χ0v) is 15.7. The van der Waals surface area contributed by atoms with Crippen LogP contribution in [0.5, 0.6) is 11.5 Å². The van der Waals surface area contributed by atoms with Gasteiger partial charge in [0.05, 0.1) is 14.2 Å². The van der Waals surface area contributed by atoms with Crippen molar-refractivity contribution in [2.75, 3.05) is 20.8 Å². The van der Waals surface area contributed by atoms with Crippen molar-refractivity contribution in [3.63, 3.8) is 0 Å². The summed E-state index contributed by atoms with van der Waals surface area (Å²) in [5, 5.41) is 2.73. The third kappa shape index (κ3) is 6.18. The Morgan fingerprint density at radius 3 is 2.56 bits per heavy atom. The van der Waals surface area contributed by atoms with Crippen LogP contribution in [0, 0.1) is 6.92 Å². The van der Waals surface area contributed by atoms with E-state index in [2.05, 4.69) is 5.32 Å². The summed E-state index contributed by atoms with van der Waals surface area (Å²) in [4.78, 5) is 23.6. The van der Waals surface area contributed by atoms with Gasteiger partial charge in [-0.2, -0.15) is 0 Å². The van der Waals surface area contributed by atoms with Crippen LogP contribution in [0.4, 0.5) is 0 Å². The van der Waals surface area contributed by atoms with Gasteiger partial charge in [0.2, 0.25) is 0 Å². The van der Waals surface area contributed by atoms with Gasteiger partial charge in [-0.1, -0.05) is 24.3 Å². The number of amides is 1. The molecule has 142 valence electrons. The lowest BCUT2D eigenvalue weighted by molar-refractivity contribution is -0.143. The van der Waals surface area contributed by atoms with E-state index in [1.807, 2.05) is 31.2 Å². The van der Waals surface area contributed by atoms with Crippen LogP contribution in [-0.4, -0.2) is 32.7 Å². The van der Waals surface area contributed by atoms with E-state index in [0.29, 0.717) is 23.6 Å². The number of carbonyl (C=O) groups is 2. The van der Waals surface area contributed by atoms with Crippen molar-refractivity contribution in [1.29, 1.82) is 0 Å². The largest absolute Gasteiger partial charge is 0.497 e. The summed E-state index contributed by atoms with van der Waals surface area (Å²) >= 11 is 0. The molecular weight excluding hydrogens is 346 g/mol. The van der Waals surface area contributed by atoms with Crippen LogP contribution in [0.15, 0.2) is 48.5 Å². The predicted octanol–water partition coefficient (Wildman–Crippen LogP) is 2.89. The van der Waals surface area contributed by atoms with Gasteiger partial charge in [-0.15, -0.1) is 0 Å². The number of aryl methyl sites for hydroxylation is 1. The van der Waals surface area contributed by atoms with Crippen molar-refractivity contribution < 1.29 is 23.8 Å². The van der Waals surface area contributed by atoms with E-state index >= 15 is 0 Å². The van der Waals surface area contributed by atoms with E-state index < -0.39 is 5.97 Å². The summed E-state index contributed by atoms with van der Waals surface area (Å²) in [7, 11) is 3.09. The van der Waals surface area contributed by atoms with Gasteiger partial charge in [-0.3, -0.25) is 4.79 Å². The molecule has 0 radical (unpaired) electrons. The number of esters is 1. The summed E-state index contributed by atoms with van der Waals surface area (Å²) in [6.07, 6.45) is 2.81. The fourth-order valence-corrected chi connectivity index (χ4v) is 2.35. The molecular formula is C21H23NO5. The zero-order valence-electron chi connectivity index (χ0n) is 15.7. The SMILES string of the molecule is COc1ccc(/C=C/C(=O)OCC(=O)NCc2ccccc2C)c(OC)c1. The minimum Gasteiger partial charge on any atom is -0.497 e. The maximum absolute atomic E-state index is 11.8. The van der Waals surface area contributed by atoms with Gasteiger partial charge in [0.15, 0.2) is 6.61 Å². The van der Waals surface area contributed by atoms with Crippen LogP contribution < -0.4 is 14.8 Å². The number of carbonyl (C=O) groups excluding carboxylic acids is 2. The molecule has 0 aliphatic heterocycles. The molecule has 0 aliphatic rings. The molecule has 0 spiro atoms. The molecule has 2 rings (SSSR count). The molecule has 6 nitrogen and oxygen atoms in total. The lowest BCUT2D eigenvalue weighted by atomic mass is 10.1. The van der Waals surface area contributed by atoms with Gasteiger partial charge >= 0.3 is 5.97 Å². The molecule has 0 bridgehead atoms. The topological polar surface area (TPSA) is 73.9 Å². The Balaban J connectivity index is 1.82. The van der Waals surface area contributed by atoms with Crippen LogP contribution in [0.25, 0.3) is 6.08 Å². The lowest BCUT2D eigenvalue weighted by Crippen LogP contribution is -2.28. The first-order chi connectivity index (χ1) is 13.0. The Hall–Kier alpha value is -3.28. The average molecular weight is 369 g/mol. The van der Waals surface area contributed by atoms with Crippen molar-refractivity contribution >= 4 is 18.0 Å². The molecule has 2 aromatic rings. The molecule has 0 unspecified atom stereocenters. The summed E-state index contributed by atoms with van der Waals surface area (Å²) in [6.45, 7) is 2.02. The van der Waals surface area contributed by atoms with Gasteiger partial charge in [-0.05, 0) is 36.3 Å². The van der Waals surface area contributed by atoms with E-state index in [-0.39, 0.29) is 12.5 Å². The van der Waals surface area contributed by atoms with Crippen LogP contribution in [-0.2, 0) is 20.9 Å². The summed E-state index contributed by atoms with van der Waals surface area (Å²) in [5.41, 5.74) is 2.80. The highest BCUT2D eigenvalue weighted by molar-refractivity contribution is 5.89. The molecule has 0 aliphatic carbocycles. The first-order valence-electron chi connectivity index (χ1n) is 8.41. The molecule has 1 N–H and O–H groups in total. The van der Waals surface area contributed by atoms with E-state index in [1.54, 1.807) is 31.4 Å². The maximum atomic E-state index is 11.8. The molecule has 0 saturated carbocycles. The number of methoxy groups -OCH3 is 2. The normalized spacial score (nSPS) is 10.5. The molecule has 0 atom stereocenters. The van der Waals surface area contributed by atoms with Crippen molar-refractivity contribution in [1.82, 2.24) is 5.32 Å². The molecule has 0 fully saturated rings. The number of hydrogen-bond acceptors (Lipinski definition) is 5. The number of rotatable bonds is 8. The standard InChI is InChI=1S/C21H23NO5/c1-15-6-4-5-7-17(15)13-22-20(23)14-27-21(24)11-9-16-8-10-18(25-2)12-19(16)26-3/h4-12H,13-14H2,1-3H3,(H,22,23)/b11-9+. The average Bonchev–Trinajstić information content (AvgIpc) is 2.69. The zero-order chi connectivity index (χ0) is 19.6. The number of ether oxygens (including phenoxy) is 3. The quantitative estimate of drug-likeness (QED) is 0.572. The van der Waals surface area contributed by atoms with Crippen LogP contribution in [0.1, 0.15) is 16.7 Å². The van der Waals surface area contributed by atoms with E-state index in [4.69, 9.17) is 14.2 Å². The highest BCUT2D eigenvalue weighted by Gasteiger charge is 2.07. The van der Waals surface area contributed by atoms with E-state index in [9.17, 15) is 9.59 Å². The van der Waals surface area contributed by atoms with E-state index in [1.165, 1.54) is 13.2 Å². The van der Waals surface area contributed by atoms with Crippen LogP contribution in [0.3, 0.4) is 0 Å². The third-order valence-corrected chi connectivity index (χ3v) is 3.92. The molecule has 2 aromatic carbocycles. The Kier molecular flexibility index (Phi) is 7.43. The molecule has 27 heavy (non-hydrogen) atoms. The monoisotopic (exact) mass is 369 g/mol. The number of nitrogens with one attached hydrogen (secondary N) is 1. The molecule has 0 heterocycles.